The first-order valence-electron chi connectivity index (χ1n) is 10.4. The number of rotatable bonds is 6. The second-order valence-electron chi connectivity index (χ2n) is 8.14. The third kappa shape index (κ3) is 3.37. The third-order valence-corrected chi connectivity index (χ3v) is 6.16. The number of ketones is 2. The average molecular weight is 470 g/mol. The van der Waals surface area contributed by atoms with Crippen LogP contribution in [0, 0.1) is 0 Å². The number of carbonyl (C=O) groups excluding carboxylic acids is 4. The van der Waals surface area contributed by atoms with Gasteiger partial charge in [0.15, 0.2) is 5.78 Å². The van der Waals surface area contributed by atoms with E-state index in [0.717, 1.165) is 0 Å². The number of carbonyl (C=O) groups is 4. The van der Waals surface area contributed by atoms with E-state index in [-0.39, 0.29) is 41.1 Å². The van der Waals surface area contributed by atoms with Gasteiger partial charge in [-0.15, -0.1) is 0 Å². The Morgan fingerprint density at radius 1 is 1.15 bits per heavy atom. The summed E-state index contributed by atoms with van der Waals surface area (Å²) >= 11 is 0. The van der Waals surface area contributed by atoms with E-state index in [0.29, 0.717) is 6.41 Å². The number of amides is 2. The Bertz CT molecular complexity index is 1240. The van der Waals surface area contributed by atoms with Crippen LogP contribution in [0.3, 0.4) is 0 Å². The zero-order chi connectivity index (χ0) is 24.8. The quantitative estimate of drug-likeness (QED) is 0.156. The molecular weight excluding hydrogens is 448 g/mol. The van der Waals surface area contributed by atoms with Gasteiger partial charge < -0.3 is 35.8 Å². The van der Waals surface area contributed by atoms with Crippen LogP contribution in [0.4, 0.5) is 0 Å². The van der Waals surface area contributed by atoms with Crippen LogP contribution in [0.1, 0.15) is 55.5 Å². The monoisotopic (exact) mass is 470 g/mol. The second-order valence-corrected chi connectivity index (χ2v) is 8.14. The zero-order valence-corrected chi connectivity index (χ0v) is 18.0. The van der Waals surface area contributed by atoms with Gasteiger partial charge in [-0.25, -0.2) is 0 Å². The first kappa shape index (κ1) is 23.2. The molecule has 0 saturated carbocycles. The van der Waals surface area contributed by atoms with Gasteiger partial charge in [0.25, 0.3) is 5.91 Å². The third-order valence-electron chi connectivity index (χ3n) is 6.16. The molecule has 0 aliphatic heterocycles. The predicted octanol–water partition coefficient (Wildman–Crippen LogP) is -0.545. The summed E-state index contributed by atoms with van der Waals surface area (Å²) in [6, 6.07) is 4.35. The molecule has 0 saturated heterocycles. The fraction of sp³-hybridized carbons (Fsp3) is 0.304. The number of aromatic hydroxyl groups is 2. The van der Waals surface area contributed by atoms with Crippen molar-refractivity contribution < 1.29 is 44.3 Å². The van der Waals surface area contributed by atoms with E-state index in [1.54, 1.807) is 0 Å². The summed E-state index contributed by atoms with van der Waals surface area (Å²) in [4.78, 5) is 49.5. The number of ether oxygens (including phenoxy) is 1. The van der Waals surface area contributed by atoms with E-state index in [1.807, 2.05) is 0 Å². The van der Waals surface area contributed by atoms with Gasteiger partial charge in [0.05, 0.1) is 29.9 Å². The standard InChI is InChI=1S/C23H22N2O9/c1-34-13-4-2-3-10-15(13)21(31)17-16(18(10)28)19(29)11-7-23(33,8-12(27)14(11)20(17)30)22(32)25-6-5-24-9-26/h2-4,9,12,27,29-30,33H,5-8H2,1H3,(H,24,26)(H,25,32)/t12?,23-/m1/s1. The molecule has 0 bridgehead atoms. The van der Waals surface area contributed by atoms with E-state index in [4.69, 9.17) is 4.74 Å². The maximum absolute atomic E-state index is 13.3. The van der Waals surface area contributed by atoms with Gasteiger partial charge in [0.2, 0.25) is 12.2 Å². The fourth-order valence-corrected chi connectivity index (χ4v) is 4.59. The van der Waals surface area contributed by atoms with Crippen molar-refractivity contribution >= 4 is 23.9 Å². The van der Waals surface area contributed by atoms with Crippen molar-refractivity contribution in [2.24, 2.45) is 0 Å². The van der Waals surface area contributed by atoms with Crippen LogP contribution in [0.15, 0.2) is 18.2 Å². The zero-order valence-electron chi connectivity index (χ0n) is 18.0. The number of phenolic OH excluding ortho intramolecular Hbond substituents is 2. The van der Waals surface area contributed by atoms with Crippen LogP contribution >= 0.6 is 0 Å². The highest BCUT2D eigenvalue weighted by atomic mass is 16.5. The predicted molar refractivity (Wildman–Crippen MR) is 115 cm³/mol. The van der Waals surface area contributed by atoms with Gasteiger partial charge in [0, 0.05) is 42.6 Å². The highest BCUT2D eigenvalue weighted by molar-refractivity contribution is 6.31. The van der Waals surface area contributed by atoms with E-state index in [9.17, 15) is 39.6 Å². The van der Waals surface area contributed by atoms with Gasteiger partial charge >= 0.3 is 0 Å². The van der Waals surface area contributed by atoms with Crippen molar-refractivity contribution in [3.63, 3.8) is 0 Å². The SMILES string of the molecule is COc1cccc2c1C(=O)c1c(O)c3c(c(O)c1C2=O)C[C@](O)(C(=O)NCCNC=O)CC3O. The fourth-order valence-electron chi connectivity index (χ4n) is 4.59. The molecule has 1 unspecified atom stereocenters. The molecule has 4 rings (SSSR count). The smallest absolute Gasteiger partial charge is 0.252 e. The second kappa shape index (κ2) is 8.43. The van der Waals surface area contributed by atoms with Crippen LogP contribution < -0.4 is 15.4 Å². The molecule has 2 amide bonds. The van der Waals surface area contributed by atoms with Crippen LogP contribution in [-0.4, -0.2) is 70.1 Å². The number of hydrogen-bond donors (Lipinski definition) is 6. The lowest BCUT2D eigenvalue weighted by Gasteiger charge is -2.37. The minimum atomic E-state index is -2.19. The molecule has 0 fully saturated rings. The lowest BCUT2D eigenvalue weighted by atomic mass is 9.72. The molecule has 0 heterocycles. The Morgan fingerprint density at radius 3 is 2.53 bits per heavy atom. The minimum absolute atomic E-state index is 0.00411. The van der Waals surface area contributed by atoms with Crippen molar-refractivity contribution in [1.82, 2.24) is 10.6 Å². The largest absolute Gasteiger partial charge is 0.507 e. The van der Waals surface area contributed by atoms with Crippen LogP contribution in [-0.2, 0) is 16.0 Å². The van der Waals surface area contributed by atoms with Gasteiger partial charge in [-0.3, -0.25) is 19.2 Å². The molecule has 0 aromatic heterocycles. The number of methoxy groups -OCH3 is 1. The van der Waals surface area contributed by atoms with E-state index in [1.165, 1.54) is 25.3 Å². The van der Waals surface area contributed by atoms with Crippen molar-refractivity contribution in [3.8, 4) is 17.2 Å². The Labute approximate surface area is 193 Å². The molecule has 2 aromatic carbocycles. The summed E-state index contributed by atoms with van der Waals surface area (Å²) in [7, 11) is 1.32. The molecule has 2 aromatic rings. The molecule has 6 N–H and O–H groups in total. The Hall–Kier alpha value is -3.96. The normalized spacial score (nSPS) is 20.6. The molecule has 2 aliphatic carbocycles. The maximum Gasteiger partial charge on any atom is 0.252 e. The molecule has 2 atom stereocenters. The summed E-state index contributed by atoms with van der Waals surface area (Å²) in [5, 5.41) is 48.4. The number of benzene rings is 2. The number of hydrogen-bond acceptors (Lipinski definition) is 9. The Balaban J connectivity index is 1.81. The lowest BCUT2D eigenvalue weighted by molar-refractivity contribution is -0.144. The van der Waals surface area contributed by atoms with E-state index >= 15 is 0 Å². The van der Waals surface area contributed by atoms with Gasteiger partial charge in [-0.1, -0.05) is 12.1 Å². The van der Waals surface area contributed by atoms with Crippen LogP contribution in [0.2, 0.25) is 0 Å². The molecule has 34 heavy (non-hydrogen) atoms. The summed E-state index contributed by atoms with van der Waals surface area (Å²) in [5.74, 6) is -3.71. The summed E-state index contributed by atoms with van der Waals surface area (Å²) < 4.78 is 5.18. The maximum atomic E-state index is 13.3. The molecule has 0 radical (unpaired) electrons. The number of aliphatic hydroxyl groups excluding tert-OH is 1. The molecule has 11 heteroatoms. The minimum Gasteiger partial charge on any atom is -0.507 e. The first-order valence-corrected chi connectivity index (χ1v) is 10.4. The molecule has 0 spiro atoms. The van der Waals surface area contributed by atoms with Crippen molar-refractivity contribution in [3.05, 3.63) is 51.6 Å². The number of fused-ring (bicyclic) bond motifs is 3. The van der Waals surface area contributed by atoms with Gasteiger partial charge in [0.1, 0.15) is 22.8 Å². The number of phenols is 2. The number of nitrogens with one attached hydrogen (secondary N) is 2. The number of aliphatic hydroxyl groups is 2. The Kier molecular flexibility index (Phi) is 5.75. The summed E-state index contributed by atoms with van der Waals surface area (Å²) in [5.41, 5.74) is -3.72. The Morgan fingerprint density at radius 2 is 1.85 bits per heavy atom. The first-order chi connectivity index (χ1) is 16.2. The van der Waals surface area contributed by atoms with Crippen LogP contribution in [0.25, 0.3) is 0 Å². The van der Waals surface area contributed by atoms with E-state index in [2.05, 4.69) is 10.6 Å². The topological polar surface area (TPSA) is 182 Å². The lowest BCUT2D eigenvalue weighted by Crippen LogP contribution is -2.52. The van der Waals surface area contributed by atoms with Crippen LogP contribution in [0.5, 0.6) is 17.2 Å². The molecule has 2 aliphatic rings. The summed E-state index contributed by atoms with van der Waals surface area (Å²) in [6.07, 6.45) is -2.27. The summed E-state index contributed by atoms with van der Waals surface area (Å²) in [6.45, 7) is 0.0966. The highest BCUT2D eigenvalue weighted by Gasteiger charge is 2.48. The van der Waals surface area contributed by atoms with E-state index < -0.39 is 64.6 Å². The van der Waals surface area contributed by atoms with Gasteiger partial charge in [-0.2, -0.15) is 0 Å². The van der Waals surface area contributed by atoms with Crippen molar-refractivity contribution in [2.45, 2.75) is 24.5 Å². The molecule has 11 nitrogen and oxygen atoms in total. The molecule has 178 valence electrons. The van der Waals surface area contributed by atoms with Gasteiger partial charge in [-0.05, 0) is 6.07 Å². The highest BCUT2D eigenvalue weighted by Crippen LogP contribution is 2.50. The van der Waals surface area contributed by atoms with Crippen molar-refractivity contribution in [2.75, 3.05) is 20.2 Å². The van der Waals surface area contributed by atoms with Crippen molar-refractivity contribution in [1.29, 1.82) is 0 Å². The average Bonchev–Trinajstić information content (AvgIpc) is 2.81. The molecular formula is C23H22N2O9.